The Bertz CT molecular complexity index is 964. The largest absolute Gasteiger partial charge is 0.287 e. The fourth-order valence-corrected chi connectivity index (χ4v) is 5.43. The SMILES string of the molecule is CSC(=O)N1CC(C)(CC(C)C)CSC1=Nc1ccc(C#N)c2ccccc12. The molecule has 0 radical (unpaired) electrons. The molecule has 0 aliphatic carbocycles. The standard InChI is InChI=1S/C22H25N3OS2/c1-15(2)11-22(3)13-25(21(26)27-4)20(28-14-22)24-19-10-9-16(12-23)17-7-5-6-8-18(17)19/h5-10,15H,11,13-14H2,1-4H3. The maximum absolute atomic E-state index is 12.7. The van der Waals surface area contributed by atoms with Crippen LogP contribution < -0.4 is 0 Å². The molecule has 146 valence electrons. The molecule has 3 rings (SSSR count). The van der Waals surface area contributed by atoms with Crippen LogP contribution in [-0.2, 0) is 0 Å². The number of hydrogen-bond acceptors (Lipinski definition) is 5. The Morgan fingerprint density at radius 3 is 2.68 bits per heavy atom. The molecule has 1 heterocycles. The normalized spacial score (nSPS) is 21.3. The van der Waals surface area contributed by atoms with Gasteiger partial charge in [-0.05, 0) is 36.1 Å². The van der Waals surface area contributed by atoms with Crippen molar-refractivity contribution in [3.05, 3.63) is 42.0 Å². The Morgan fingerprint density at radius 1 is 1.32 bits per heavy atom. The minimum Gasteiger partial charge on any atom is -0.281 e. The number of benzene rings is 2. The average molecular weight is 412 g/mol. The molecule has 0 bridgehead atoms. The maximum Gasteiger partial charge on any atom is 0.287 e. The number of carbonyl (C=O) groups excluding carboxylic acids is 1. The number of amidine groups is 1. The molecule has 0 spiro atoms. The van der Waals surface area contributed by atoms with Gasteiger partial charge < -0.3 is 0 Å². The summed E-state index contributed by atoms with van der Waals surface area (Å²) < 4.78 is 0. The van der Waals surface area contributed by atoms with Crippen molar-refractivity contribution in [3.8, 4) is 6.07 Å². The predicted molar refractivity (Wildman–Crippen MR) is 121 cm³/mol. The zero-order chi connectivity index (χ0) is 20.3. The van der Waals surface area contributed by atoms with Gasteiger partial charge in [0.25, 0.3) is 5.24 Å². The van der Waals surface area contributed by atoms with E-state index in [1.165, 1.54) is 11.8 Å². The second-order valence-corrected chi connectivity index (χ2v) is 9.64. The molecule has 0 N–H and O–H groups in total. The second kappa shape index (κ2) is 8.59. The summed E-state index contributed by atoms with van der Waals surface area (Å²) in [5.74, 6) is 1.52. The number of rotatable bonds is 3. The molecule has 1 fully saturated rings. The van der Waals surface area contributed by atoms with Crippen LogP contribution in [0, 0.1) is 22.7 Å². The summed E-state index contributed by atoms with van der Waals surface area (Å²) in [5.41, 5.74) is 1.51. The van der Waals surface area contributed by atoms with Crippen molar-refractivity contribution < 1.29 is 4.79 Å². The van der Waals surface area contributed by atoms with Crippen LogP contribution in [0.5, 0.6) is 0 Å². The van der Waals surface area contributed by atoms with Gasteiger partial charge in [0.15, 0.2) is 5.17 Å². The van der Waals surface area contributed by atoms with Crippen molar-refractivity contribution in [2.45, 2.75) is 27.2 Å². The van der Waals surface area contributed by atoms with Crippen LogP contribution in [0.15, 0.2) is 41.4 Å². The number of hydrogen-bond donors (Lipinski definition) is 0. The molecule has 1 saturated heterocycles. The zero-order valence-electron chi connectivity index (χ0n) is 16.7. The van der Waals surface area contributed by atoms with Crippen LogP contribution in [0.2, 0.25) is 0 Å². The molecule has 1 aliphatic rings. The van der Waals surface area contributed by atoms with Crippen LogP contribution in [0.1, 0.15) is 32.8 Å². The number of fused-ring (bicyclic) bond motifs is 1. The quantitative estimate of drug-likeness (QED) is 0.596. The molecular formula is C22H25N3OS2. The molecule has 28 heavy (non-hydrogen) atoms. The summed E-state index contributed by atoms with van der Waals surface area (Å²) in [4.78, 5) is 19.4. The Labute approximate surface area is 175 Å². The molecule has 1 unspecified atom stereocenters. The van der Waals surface area contributed by atoms with Crippen molar-refractivity contribution >= 4 is 50.4 Å². The average Bonchev–Trinajstić information content (AvgIpc) is 2.68. The van der Waals surface area contributed by atoms with Gasteiger partial charge in [0.1, 0.15) is 0 Å². The topological polar surface area (TPSA) is 56.5 Å². The molecule has 2 aromatic carbocycles. The monoisotopic (exact) mass is 411 g/mol. The second-order valence-electron chi connectivity index (χ2n) is 7.94. The van der Waals surface area contributed by atoms with Crippen LogP contribution >= 0.6 is 23.5 Å². The van der Waals surface area contributed by atoms with Gasteiger partial charge in [-0.25, -0.2) is 4.99 Å². The van der Waals surface area contributed by atoms with E-state index in [9.17, 15) is 10.1 Å². The number of nitriles is 1. The Balaban J connectivity index is 2.02. The van der Waals surface area contributed by atoms with Gasteiger partial charge in [0.2, 0.25) is 0 Å². The van der Waals surface area contributed by atoms with Crippen molar-refractivity contribution in [1.29, 1.82) is 5.26 Å². The molecule has 6 heteroatoms. The third-order valence-electron chi connectivity index (χ3n) is 4.85. The van der Waals surface area contributed by atoms with E-state index in [0.29, 0.717) is 18.0 Å². The van der Waals surface area contributed by atoms with Crippen LogP contribution in [-0.4, -0.2) is 33.9 Å². The van der Waals surface area contributed by atoms with Gasteiger partial charge in [0.05, 0.1) is 17.3 Å². The number of thioether (sulfide) groups is 2. The number of nitrogens with zero attached hydrogens (tertiary/aromatic N) is 3. The Morgan fingerprint density at radius 2 is 2.04 bits per heavy atom. The van der Waals surface area contributed by atoms with Crippen LogP contribution in [0.3, 0.4) is 0 Å². The predicted octanol–water partition coefficient (Wildman–Crippen LogP) is 6.28. The molecule has 4 nitrogen and oxygen atoms in total. The third kappa shape index (κ3) is 4.37. The van der Waals surface area contributed by atoms with E-state index in [0.717, 1.165) is 33.8 Å². The van der Waals surface area contributed by atoms with Gasteiger partial charge in [-0.1, -0.05) is 68.6 Å². The lowest BCUT2D eigenvalue weighted by Gasteiger charge is -2.41. The van der Waals surface area contributed by atoms with E-state index >= 15 is 0 Å². The Kier molecular flexibility index (Phi) is 6.36. The van der Waals surface area contributed by atoms with E-state index in [-0.39, 0.29) is 10.7 Å². The van der Waals surface area contributed by atoms with Gasteiger partial charge in [-0.2, -0.15) is 5.26 Å². The first-order chi connectivity index (χ1) is 13.4. The smallest absolute Gasteiger partial charge is 0.281 e. The van der Waals surface area contributed by atoms with E-state index in [2.05, 4.69) is 26.8 Å². The molecule has 0 saturated carbocycles. The van der Waals surface area contributed by atoms with Crippen molar-refractivity contribution in [1.82, 2.24) is 4.90 Å². The first-order valence-electron chi connectivity index (χ1n) is 9.36. The third-order valence-corrected chi connectivity index (χ3v) is 6.83. The Hall–Kier alpha value is -1.97. The first-order valence-corrected chi connectivity index (χ1v) is 11.6. The number of amides is 1. The van der Waals surface area contributed by atoms with Gasteiger partial charge in [-0.3, -0.25) is 9.69 Å². The summed E-state index contributed by atoms with van der Waals surface area (Å²) >= 11 is 2.88. The van der Waals surface area contributed by atoms with E-state index in [1.54, 1.807) is 17.8 Å². The van der Waals surface area contributed by atoms with Crippen molar-refractivity contribution in [2.24, 2.45) is 16.3 Å². The van der Waals surface area contributed by atoms with Gasteiger partial charge >= 0.3 is 0 Å². The van der Waals surface area contributed by atoms with Crippen LogP contribution in [0.25, 0.3) is 10.8 Å². The van der Waals surface area contributed by atoms with Gasteiger partial charge in [-0.15, -0.1) is 0 Å². The van der Waals surface area contributed by atoms with Crippen molar-refractivity contribution in [2.75, 3.05) is 18.6 Å². The number of aliphatic imine (C=N–C) groups is 1. The van der Waals surface area contributed by atoms with E-state index < -0.39 is 0 Å². The summed E-state index contributed by atoms with van der Waals surface area (Å²) in [6.07, 6.45) is 2.89. The van der Waals surface area contributed by atoms with Crippen LogP contribution in [0.4, 0.5) is 10.5 Å². The molecule has 1 atom stereocenters. The van der Waals surface area contributed by atoms with Crippen molar-refractivity contribution in [3.63, 3.8) is 0 Å². The minimum absolute atomic E-state index is 0.0267. The maximum atomic E-state index is 12.7. The zero-order valence-corrected chi connectivity index (χ0v) is 18.4. The fourth-order valence-electron chi connectivity index (χ4n) is 3.85. The van der Waals surface area contributed by atoms with E-state index in [1.807, 2.05) is 41.5 Å². The summed E-state index contributed by atoms with van der Waals surface area (Å²) in [7, 11) is 0. The lowest BCUT2D eigenvalue weighted by molar-refractivity contribution is 0.208. The summed E-state index contributed by atoms with van der Waals surface area (Å²) in [6.45, 7) is 7.39. The molecule has 0 aromatic heterocycles. The van der Waals surface area contributed by atoms with Gasteiger partial charge in [0, 0.05) is 23.1 Å². The number of carbonyl (C=O) groups is 1. The minimum atomic E-state index is 0.0267. The lowest BCUT2D eigenvalue weighted by atomic mass is 9.83. The fraction of sp³-hybridized carbons (Fsp3) is 0.409. The first kappa shape index (κ1) is 20.8. The molecule has 1 aliphatic heterocycles. The summed E-state index contributed by atoms with van der Waals surface area (Å²) in [6, 6.07) is 13.7. The highest BCUT2D eigenvalue weighted by Gasteiger charge is 2.37. The molecule has 2 aromatic rings. The summed E-state index contributed by atoms with van der Waals surface area (Å²) in [5, 5.41) is 12.0. The highest BCUT2D eigenvalue weighted by molar-refractivity contribution is 8.15. The molecule has 1 amide bonds. The highest BCUT2D eigenvalue weighted by atomic mass is 32.2. The lowest BCUT2D eigenvalue weighted by Crippen LogP contribution is -2.47. The molecular weight excluding hydrogens is 386 g/mol. The highest BCUT2D eigenvalue weighted by Crippen LogP contribution is 2.39. The van der Waals surface area contributed by atoms with E-state index in [4.69, 9.17) is 4.99 Å².